The van der Waals surface area contributed by atoms with Crippen molar-refractivity contribution in [1.29, 1.82) is 0 Å². The second-order valence-electron chi connectivity index (χ2n) is 7.26. The zero-order chi connectivity index (χ0) is 19.8. The molecule has 0 spiro atoms. The van der Waals surface area contributed by atoms with Crippen molar-refractivity contribution in [2.75, 3.05) is 10.0 Å². The summed E-state index contributed by atoms with van der Waals surface area (Å²) in [7, 11) is -3.70. The highest BCUT2D eigenvalue weighted by atomic mass is 32.2. The van der Waals surface area contributed by atoms with Crippen LogP contribution in [0.5, 0.6) is 0 Å². The molecule has 2 aromatic carbocycles. The largest absolute Gasteiger partial charge is 0.302 e. The first kappa shape index (κ1) is 19.3. The van der Waals surface area contributed by atoms with E-state index in [2.05, 4.69) is 35.8 Å². The average molecular weight is 404 g/mol. The van der Waals surface area contributed by atoms with Gasteiger partial charge in [-0.1, -0.05) is 44.2 Å². The molecule has 0 unspecified atom stereocenters. The molecule has 0 aliphatic carbocycles. The molecule has 142 valence electrons. The summed E-state index contributed by atoms with van der Waals surface area (Å²) < 4.78 is 28.8. The highest BCUT2D eigenvalue weighted by molar-refractivity contribution is 7.92. The number of thiazole rings is 1. The van der Waals surface area contributed by atoms with Gasteiger partial charge in [-0.25, -0.2) is 13.4 Å². The summed E-state index contributed by atoms with van der Waals surface area (Å²) in [5.41, 5.74) is 2.06. The van der Waals surface area contributed by atoms with Gasteiger partial charge >= 0.3 is 0 Å². The molecule has 0 saturated heterocycles. The van der Waals surface area contributed by atoms with E-state index in [1.807, 2.05) is 12.1 Å². The maximum atomic E-state index is 12.7. The monoisotopic (exact) mass is 403 g/mol. The molecule has 6 nitrogen and oxygen atoms in total. The standard InChI is InChI=1S/C19H21N3O3S2/c1-12(23)20-18-21-16-11-14(7-10-17(16)26-18)22-27(24,25)15-8-5-13(6-9-15)19(2,3)4/h5-11,22H,1-4H3,(H,20,21,23). The van der Waals surface area contributed by atoms with Crippen molar-refractivity contribution in [2.45, 2.75) is 38.0 Å². The van der Waals surface area contributed by atoms with Crippen LogP contribution in [0.3, 0.4) is 0 Å². The Morgan fingerprint density at radius 2 is 1.74 bits per heavy atom. The summed E-state index contributed by atoms with van der Waals surface area (Å²) >= 11 is 1.33. The predicted octanol–water partition coefficient (Wildman–Crippen LogP) is 4.35. The molecule has 1 amide bonds. The Bertz CT molecular complexity index is 1100. The molecule has 3 rings (SSSR count). The van der Waals surface area contributed by atoms with Crippen LogP contribution < -0.4 is 10.0 Å². The number of fused-ring (bicyclic) bond motifs is 1. The van der Waals surface area contributed by atoms with Crippen LogP contribution >= 0.6 is 11.3 Å². The first-order valence-electron chi connectivity index (χ1n) is 8.36. The van der Waals surface area contributed by atoms with Gasteiger partial charge in [0.15, 0.2) is 5.13 Å². The molecule has 0 aliphatic heterocycles. The van der Waals surface area contributed by atoms with Crippen molar-refractivity contribution in [1.82, 2.24) is 4.98 Å². The van der Waals surface area contributed by atoms with E-state index in [-0.39, 0.29) is 16.2 Å². The van der Waals surface area contributed by atoms with Crippen molar-refractivity contribution in [3.05, 3.63) is 48.0 Å². The highest BCUT2D eigenvalue weighted by Gasteiger charge is 2.18. The van der Waals surface area contributed by atoms with Gasteiger partial charge in [-0.3, -0.25) is 9.52 Å². The van der Waals surface area contributed by atoms with E-state index < -0.39 is 10.0 Å². The molecular weight excluding hydrogens is 382 g/mol. The van der Waals surface area contributed by atoms with Gasteiger partial charge in [0.1, 0.15) is 0 Å². The van der Waals surface area contributed by atoms with Crippen LogP contribution in [0.25, 0.3) is 10.2 Å². The van der Waals surface area contributed by atoms with E-state index in [0.29, 0.717) is 16.3 Å². The number of hydrogen-bond donors (Lipinski definition) is 2. The molecular formula is C19H21N3O3S2. The Kier molecular flexibility index (Phi) is 4.96. The molecule has 0 fully saturated rings. The highest BCUT2D eigenvalue weighted by Crippen LogP contribution is 2.29. The molecule has 0 radical (unpaired) electrons. The molecule has 8 heteroatoms. The maximum Gasteiger partial charge on any atom is 0.261 e. The summed E-state index contributed by atoms with van der Waals surface area (Å²) in [5.74, 6) is -0.200. The van der Waals surface area contributed by atoms with Crippen LogP contribution in [0.2, 0.25) is 0 Å². The molecule has 27 heavy (non-hydrogen) atoms. The second kappa shape index (κ2) is 6.94. The SMILES string of the molecule is CC(=O)Nc1nc2cc(NS(=O)(=O)c3ccc(C(C)(C)C)cc3)ccc2s1. The Morgan fingerprint density at radius 1 is 1.07 bits per heavy atom. The summed E-state index contributed by atoms with van der Waals surface area (Å²) in [4.78, 5) is 15.7. The van der Waals surface area contributed by atoms with Gasteiger partial charge < -0.3 is 5.32 Å². The lowest BCUT2D eigenvalue weighted by Gasteiger charge is -2.19. The van der Waals surface area contributed by atoms with Gasteiger partial charge in [0.05, 0.1) is 20.8 Å². The first-order valence-corrected chi connectivity index (χ1v) is 10.7. The number of nitrogens with one attached hydrogen (secondary N) is 2. The van der Waals surface area contributed by atoms with Crippen LogP contribution in [0.1, 0.15) is 33.3 Å². The van der Waals surface area contributed by atoms with E-state index in [0.717, 1.165) is 10.3 Å². The Morgan fingerprint density at radius 3 is 2.33 bits per heavy atom. The first-order chi connectivity index (χ1) is 12.5. The molecule has 0 bridgehead atoms. The van der Waals surface area contributed by atoms with Gasteiger partial charge in [-0.05, 0) is 41.3 Å². The quantitative estimate of drug-likeness (QED) is 0.678. The number of carbonyl (C=O) groups excluding carboxylic acids is 1. The maximum absolute atomic E-state index is 12.7. The fourth-order valence-corrected chi connectivity index (χ4v) is 4.48. The van der Waals surface area contributed by atoms with Gasteiger partial charge in [0.2, 0.25) is 5.91 Å². The van der Waals surface area contributed by atoms with Crippen LogP contribution in [0.15, 0.2) is 47.4 Å². The minimum Gasteiger partial charge on any atom is -0.302 e. The van der Waals surface area contributed by atoms with Crippen LogP contribution in [-0.4, -0.2) is 19.3 Å². The van der Waals surface area contributed by atoms with Crippen LogP contribution in [0.4, 0.5) is 10.8 Å². The molecule has 1 aromatic heterocycles. The number of nitrogens with zero attached hydrogens (tertiary/aromatic N) is 1. The van der Waals surface area contributed by atoms with Crippen molar-refractivity contribution in [3.63, 3.8) is 0 Å². The van der Waals surface area contributed by atoms with E-state index in [9.17, 15) is 13.2 Å². The second-order valence-corrected chi connectivity index (χ2v) is 9.98. The predicted molar refractivity (Wildman–Crippen MR) is 110 cm³/mol. The molecule has 0 saturated carbocycles. The minimum absolute atomic E-state index is 0.0447. The number of rotatable bonds is 4. The van der Waals surface area contributed by atoms with E-state index in [1.54, 1.807) is 30.3 Å². The van der Waals surface area contributed by atoms with Crippen molar-refractivity contribution >= 4 is 48.3 Å². The van der Waals surface area contributed by atoms with Crippen molar-refractivity contribution in [2.24, 2.45) is 0 Å². The van der Waals surface area contributed by atoms with Crippen LogP contribution in [0, 0.1) is 0 Å². The lowest BCUT2D eigenvalue weighted by Crippen LogP contribution is -2.14. The normalized spacial score (nSPS) is 12.1. The fraction of sp³-hybridized carbons (Fsp3) is 0.263. The Labute approximate surface area is 162 Å². The Balaban J connectivity index is 1.85. The number of carbonyl (C=O) groups is 1. The third-order valence-corrected chi connectivity index (χ3v) is 6.30. The smallest absolute Gasteiger partial charge is 0.261 e. The molecule has 0 aliphatic rings. The topological polar surface area (TPSA) is 88.2 Å². The minimum atomic E-state index is -3.70. The lowest BCUT2D eigenvalue weighted by atomic mass is 9.87. The number of anilines is 2. The number of aromatic nitrogens is 1. The molecule has 1 heterocycles. The number of sulfonamides is 1. The Hall–Kier alpha value is -2.45. The summed E-state index contributed by atoms with van der Waals surface area (Å²) in [5, 5.41) is 3.12. The molecule has 3 aromatic rings. The average Bonchev–Trinajstić information content (AvgIpc) is 2.94. The van der Waals surface area contributed by atoms with E-state index in [1.165, 1.54) is 18.3 Å². The third-order valence-electron chi connectivity index (χ3n) is 3.95. The molecule has 2 N–H and O–H groups in total. The summed E-state index contributed by atoms with van der Waals surface area (Å²) in [6, 6.07) is 12.0. The number of hydrogen-bond acceptors (Lipinski definition) is 5. The van der Waals surface area contributed by atoms with Gasteiger partial charge in [-0.2, -0.15) is 0 Å². The third kappa shape index (κ3) is 4.45. The van der Waals surface area contributed by atoms with Crippen LogP contribution in [-0.2, 0) is 20.2 Å². The number of benzene rings is 2. The lowest BCUT2D eigenvalue weighted by molar-refractivity contribution is -0.114. The van der Waals surface area contributed by atoms with Gasteiger partial charge in [-0.15, -0.1) is 0 Å². The fourth-order valence-electron chi connectivity index (χ4n) is 2.54. The molecule has 0 atom stereocenters. The van der Waals surface area contributed by atoms with E-state index >= 15 is 0 Å². The summed E-state index contributed by atoms with van der Waals surface area (Å²) in [6.45, 7) is 7.64. The van der Waals surface area contributed by atoms with E-state index in [4.69, 9.17) is 0 Å². The van der Waals surface area contributed by atoms with Crippen molar-refractivity contribution in [3.8, 4) is 0 Å². The number of amides is 1. The van der Waals surface area contributed by atoms with Gasteiger partial charge in [0, 0.05) is 6.92 Å². The zero-order valence-electron chi connectivity index (χ0n) is 15.5. The van der Waals surface area contributed by atoms with Gasteiger partial charge in [0.25, 0.3) is 10.0 Å². The summed E-state index contributed by atoms with van der Waals surface area (Å²) in [6.07, 6.45) is 0. The zero-order valence-corrected chi connectivity index (χ0v) is 17.2. The van der Waals surface area contributed by atoms with Crippen molar-refractivity contribution < 1.29 is 13.2 Å².